The summed E-state index contributed by atoms with van der Waals surface area (Å²) in [5.41, 5.74) is 6.41. The minimum Gasteiger partial charge on any atom is -0.506 e. The van der Waals surface area contributed by atoms with Crippen LogP contribution in [0.1, 0.15) is 24.9 Å². The summed E-state index contributed by atoms with van der Waals surface area (Å²) in [5, 5.41) is 10.2. The molecule has 1 aromatic carbocycles. The van der Waals surface area contributed by atoms with E-state index in [0.29, 0.717) is 15.1 Å². The molecule has 0 aliphatic rings. The molecule has 14 heavy (non-hydrogen) atoms. The molecular formula is C9H12BrCl2NO. The highest BCUT2D eigenvalue weighted by Gasteiger charge is 2.15. The second kappa shape index (κ2) is 5.81. The van der Waals surface area contributed by atoms with E-state index >= 15 is 0 Å². The van der Waals surface area contributed by atoms with Gasteiger partial charge < -0.3 is 10.8 Å². The zero-order chi connectivity index (χ0) is 10.0. The topological polar surface area (TPSA) is 46.2 Å². The van der Waals surface area contributed by atoms with E-state index in [1.54, 1.807) is 12.1 Å². The molecule has 0 heterocycles. The van der Waals surface area contributed by atoms with Crippen LogP contribution in [0.25, 0.3) is 0 Å². The van der Waals surface area contributed by atoms with Crippen LogP contribution in [-0.2, 0) is 0 Å². The van der Waals surface area contributed by atoms with Crippen molar-refractivity contribution >= 4 is 39.9 Å². The summed E-state index contributed by atoms with van der Waals surface area (Å²) < 4.78 is 0.621. The number of aromatic hydroxyl groups is 1. The van der Waals surface area contributed by atoms with Crippen molar-refractivity contribution in [3.05, 3.63) is 27.2 Å². The molecule has 0 saturated heterocycles. The fourth-order valence-corrected chi connectivity index (χ4v) is 1.75. The molecular weight excluding hydrogens is 289 g/mol. The van der Waals surface area contributed by atoms with Gasteiger partial charge in [0.1, 0.15) is 5.75 Å². The third-order valence-corrected chi connectivity index (χ3v) is 2.89. The molecule has 5 heteroatoms. The third-order valence-electron chi connectivity index (χ3n) is 1.93. The fraction of sp³-hybridized carbons (Fsp3) is 0.333. The van der Waals surface area contributed by atoms with Gasteiger partial charge in [-0.25, -0.2) is 0 Å². The van der Waals surface area contributed by atoms with Gasteiger partial charge in [0.25, 0.3) is 0 Å². The lowest BCUT2D eigenvalue weighted by molar-refractivity contribution is 0.457. The average molecular weight is 301 g/mol. The Kier molecular flexibility index (Phi) is 5.83. The van der Waals surface area contributed by atoms with Crippen molar-refractivity contribution in [1.82, 2.24) is 0 Å². The van der Waals surface area contributed by atoms with E-state index in [0.717, 1.165) is 6.42 Å². The van der Waals surface area contributed by atoms with Crippen LogP contribution >= 0.6 is 39.9 Å². The number of hydrogen-bond donors (Lipinski definition) is 2. The maximum atomic E-state index is 9.67. The number of halogens is 3. The van der Waals surface area contributed by atoms with Gasteiger partial charge in [0.15, 0.2) is 0 Å². The minimum atomic E-state index is -0.218. The summed E-state index contributed by atoms with van der Waals surface area (Å²) >= 11 is 9.13. The molecule has 0 bridgehead atoms. The maximum Gasteiger partial charge on any atom is 0.136 e. The highest BCUT2D eigenvalue weighted by Crippen LogP contribution is 2.37. The van der Waals surface area contributed by atoms with Gasteiger partial charge in [-0.2, -0.15) is 0 Å². The molecule has 2 nitrogen and oxygen atoms in total. The number of phenols is 1. The average Bonchev–Trinajstić information content (AvgIpc) is 2.12. The Morgan fingerprint density at radius 2 is 2.14 bits per heavy atom. The van der Waals surface area contributed by atoms with Crippen LogP contribution in [0.3, 0.4) is 0 Å². The summed E-state index contributed by atoms with van der Waals surface area (Å²) in [4.78, 5) is 0. The van der Waals surface area contributed by atoms with Crippen LogP contribution < -0.4 is 5.73 Å². The Balaban J connectivity index is 0.00000169. The van der Waals surface area contributed by atoms with E-state index in [2.05, 4.69) is 15.9 Å². The van der Waals surface area contributed by atoms with Crippen molar-refractivity contribution < 1.29 is 5.11 Å². The molecule has 1 aromatic rings. The standard InChI is InChI=1S/C9H11BrClNO.ClH/c1-2-7(12)8-6(11)4-3-5(10)9(8)13;/h3-4,7,13H,2,12H2,1H3;1H/t7-;/m1./s1. The minimum absolute atomic E-state index is 0. The lowest BCUT2D eigenvalue weighted by Crippen LogP contribution is -2.09. The third kappa shape index (κ3) is 2.76. The van der Waals surface area contributed by atoms with E-state index in [1.807, 2.05) is 6.92 Å². The van der Waals surface area contributed by atoms with Gasteiger partial charge >= 0.3 is 0 Å². The summed E-state index contributed by atoms with van der Waals surface area (Å²) in [5.74, 6) is 0.141. The first-order valence-corrected chi connectivity index (χ1v) is 5.17. The molecule has 80 valence electrons. The van der Waals surface area contributed by atoms with Crippen molar-refractivity contribution in [2.45, 2.75) is 19.4 Å². The van der Waals surface area contributed by atoms with Crippen molar-refractivity contribution in [2.75, 3.05) is 0 Å². The molecule has 0 amide bonds. The number of nitrogens with two attached hydrogens (primary N) is 1. The van der Waals surface area contributed by atoms with E-state index in [9.17, 15) is 5.11 Å². The Hall–Kier alpha value is 0.0400. The van der Waals surface area contributed by atoms with Crippen LogP contribution in [0.15, 0.2) is 16.6 Å². The number of phenolic OH excluding ortho intramolecular Hbond substituents is 1. The first-order valence-electron chi connectivity index (χ1n) is 4.00. The summed E-state index contributed by atoms with van der Waals surface area (Å²) in [6, 6.07) is 3.20. The second-order valence-electron chi connectivity index (χ2n) is 2.81. The Morgan fingerprint density at radius 3 is 2.64 bits per heavy atom. The quantitative estimate of drug-likeness (QED) is 0.876. The van der Waals surface area contributed by atoms with E-state index in [1.165, 1.54) is 0 Å². The Bertz CT molecular complexity index is 320. The molecule has 0 unspecified atom stereocenters. The molecule has 3 N–H and O–H groups in total. The largest absolute Gasteiger partial charge is 0.506 e. The lowest BCUT2D eigenvalue weighted by Gasteiger charge is -2.14. The van der Waals surface area contributed by atoms with Gasteiger partial charge in [-0.1, -0.05) is 18.5 Å². The molecule has 0 saturated carbocycles. The Morgan fingerprint density at radius 1 is 1.57 bits per heavy atom. The predicted molar refractivity (Wildman–Crippen MR) is 65.3 cm³/mol. The van der Waals surface area contributed by atoms with Crippen LogP contribution in [0.2, 0.25) is 5.02 Å². The first kappa shape index (κ1) is 14.0. The molecule has 0 fully saturated rings. The second-order valence-corrected chi connectivity index (χ2v) is 4.07. The summed E-state index contributed by atoms with van der Waals surface area (Å²) in [7, 11) is 0. The van der Waals surface area contributed by atoms with Crippen molar-refractivity contribution in [3.8, 4) is 5.75 Å². The highest BCUT2D eigenvalue weighted by molar-refractivity contribution is 9.10. The van der Waals surface area contributed by atoms with Gasteiger partial charge in [0.2, 0.25) is 0 Å². The van der Waals surface area contributed by atoms with Crippen molar-refractivity contribution in [1.29, 1.82) is 0 Å². The molecule has 0 spiro atoms. The van der Waals surface area contributed by atoms with Crippen LogP contribution in [-0.4, -0.2) is 5.11 Å². The van der Waals surface area contributed by atoms with E-state index in [-0.39, 0.29) is 24.2 Å². The first-order chi connectivity index (χ1) is 6.07. The molecule has 1 atom stereocenters. The smallest absolute Gasteiger partial charge is 0.136 e. The number of rotatable bonds is 2. The van der Waals surface area contributed by atoms with Crippen molar-refractivity contribution in [2.24, 2.45) is 5.73 Å². The molecule has 0 aromatic heterocycles. The number of benzene rings is 1. The van der Waals surface area contributed by atoms with E-state index in [4.69, 9.17) is 17.3 Å². The zero-order valence-electron chi connectivity index (χ0n) is 7.63. The lowest BCUT2D eigenvalue weighted by atomic mass is 10.0. The SMILES string of the molecule is CC[C@@H](N)c1c(Cl)ccc(Br)c1O.Cl. The van der Waals surface area contributed by atoms with Crippen LogP contribution in [0.5, 0.6) is 5.75 Å². The van der Waals surface area contributed by atoms with E-state index < -0.39 is 0 Å². The van der Waals surface area contributed by atoms with Gasteiger partial charge in [-0.15, -0.1) is 12.4 Å². The summed E-state index contributed by atoms with van der Waals surface area (Å²) in [6.07, 6.45) is 0.740. The zero-order valence-corrected chi connectivity index (χ0v) is 10.8. The highest BCUT2D eigenvalue weighted by atomic mass is 79.9. The summed E-state index contributed by atoms with van der Waals surface area (Å²) in [6.45, 7) is 1.95. The van der Waals surface area contributed by atoms with Gasteiger partial charge in [0.05, 0.1) is 4.47 Å². The fourth-order valence-electron chi connectivity index (χ4n) is 1.11. The molecule has 0 aliphatic heterocycles. The monoisotopic (exact) mass is 299 g/mol. The Labute approximate surface area is 103 Å². The number of hydrogen-bond acceptors (Lipinski definition) is 2. The van der Waals surface area contributed by atoms with Gasteiger partial charge in [-0.05, 0) is 34.5 Å². The van der Waals surface area contributed by atoms with Gasteiger partial charge in [0, 0.05) is 16.6 Å². The molecule has 0 aliphatic carbocycles. The molecule has 0 radical (unpaired) electrons. The predicted octanol–water partition coefficient (Wildman–Crippen LogP) is 3.64. The van der Waals surface area contributed by atoms with Gasteiger partial charge in [-0.3, -0.25) is 0 Å². The molecule has 1 rings (SSSR count). The van der Waals surface area contributed by atoms with Crippen LogP contribution in [0.4, 0.5) is 0 Å². The van der Waals surface area contributed by atoms with Crippen LogP contribution in [0, 0.1) is 0 Å². The normalized spacial score (nSPS) is 12.0. The maximum absolute atomic E-state index is 9.67. The van der Waals surface area contributed by atoms with Crippen molar-refractivity contribution in [3.63, 3.8) is 0 Å².